The number of anilines is 1. The Labute approximate surface area is 113 Å². The quantitative estimate of drug-likeness (QED) is 0.846. The largest absolute Gasteiger partial charge is 0.478 e. The third kappa shape index (κ3) is 2.37. The molecule has 19 heavy (non-hydrogen) atoms. The SMILES string of the molecule is Cc1cc(N2CC3CCC2C3)ccc1C=CC(=O)O. The number of rotatable bonds is 3. The fraction of sp³-hybridized carbons (Fsp3) is 0.438. The molecule has 1 saturated carbocycles. The first kappa shape index (κ1) is 12.3. The topological polar surface area (TPSA) is 40.5 Å². The van der Waals surface area contributed by atoms with Crippen LogP contribution >= 0.6 is 0 Å². The minimum Gasteiger partial charge on any atom is -0.478 e. The molecular weight excluding hydrogens is 238 g/mol. The van der Waals surface area contributed by atoms with Crippen molar-refractivity contribution in [3.63, 3.8) is 0 Å². The highest BCUT2D eigenvalue weighted by Crippen LogP contribution is 2.40. The molecule has 1 aromatic rings. The Hall–Kier alpha value is -1.77. The zero-order valence-corrected chi connectivity index (χ0v) is 11.2. The molecule has 2 aliphatic rings. The van der Waals surface area contributed by atoms with Gasteiger partial charge in [-0.3, -0.25) is 0 Å². The summed E-state index contributed by atoms with van der Waals surface area (Å²) in [7, 11) is 0. The van der Waals surface area contributed by atoms with E-state index in [9.17, 15) is 4.79 Å². The Morgan fingerprint density at radius 1 is 1.42 bits per heavy atom. The van der Waals surface area contributed by atoms with E-state index in [1.54, 1.807) is 6.08 Å². The van der Waals surface area contributed by atoms with Crippen molar-refractivity contribution in [3.05, 3.63) is 35.4 Å². The number of aryl methyl sites for hydroxylation is 1. The number of hydrogen-bond donors (Lipinski definition) is 1. The molecular formula is C16H19NO2. The van der Waals surface area contributed by atoms with Gasteiger partial charge in [0, 0.05) is 24.4 Å². The summed E-state index contributed by atoms with van der Waals surface area (Å²) in [4.78, 5) is 13.1. The van der Waals surface area contributed by atoms with Crippen LogP contribution in [-0.2, 0) is 4.79 Å². The molecule has 1 saturated heterocycles. The summed E-state index contributed by atoms with van der Waals surface area (Å²) in [6, 6.07) is 7.05. The lowest BCUT2D eigenvalue weighted by Gasteiger charge is -2.29. The van der Waals surface area contributed by atoms with Crippen LogP contribution in [0.4, 0.5) is 5.69 Å². The van der Waals surface area contributed by atoms with Crippen LogP contribution in [0, 0.1) is 12.8 Å². The molecule has 0 amide bonds. The molecule has 1 aromatic carbocycles. The summed E-state index contributed by atoms with van der Waals surface area (Å²) in [6.45, 7) is 3.23. The van der Waals surface area contributed by atoms with Crippen LogP contribution in [0.2, 0.25) is 0 Å². The van der Waals surface area contributed by atoms with Gasteiger partial charge in [0.2, 0.25) is 0 Å². The van der Waals surface area contributed by atoms with Gasteiger partial charge < -0.3 is 10.0 Å². The number of hydrogen-bond acceptors (Lipinski definition) is 2. The highest BCUT2D eigenvalue weighted by Gasteiger charge is 2.37. The second kappa shape index (κ2) is 4.72. The number of carbonyl (C=O) groups is 1. The van der Waals surface area contributed by atoms with Crippen molar-refractivity contribution in [2.75, 3.05) is 11.4 Å². The zero-order valence-electron chi connectivity index (χ0n) is 11.2. The molecule has 3 nitrogen and oxygen atoms in total. The third-order valence-electron chi connectivity index (χ3n) is 4.40. The number of carboxylic acids is 1. The van der Waals surface area contributed by atoms with Gasteiger partial charge >= 0.3 is 5.97 Å². The van der Waals surface area contributed by atoms with E-state index in [0.717, 1.165) is 23.1 Å². The summed E-state index contributed by atoms with van der Waals surface area (Å²) in [5.41, 5.74) is 3.41. The fourth-order valence-electron chi connectivity index (χ4n) is 3.43. The lowest BCUT2D eigenvalue weighted by atomic mass is 10.0. The van der Waals surface area contributed by atoms with Crippen molar-refractivity contribution in [3.8, 4) is 0 Å². The second-order valence-corrected chi connectivity index (χ2v) is 5.70. The number of nitrogens with zero attached hydrogens (tertiary/aromatic N) is 1. The predicted molar refractivity (Wildman–Crippen MR) is 76.3 cm³/mol. The molecule has 1 N–H and O–H groups in total. The van der Waals surface area contributed by atoms with Crippen molar-refractivity contribution in [1.29, 1.82) is 0 Å². The Morgan fingerprint density at radius 3 is 2.84 bits per heavy atom. The second-order valence-electron chi connectivity index (χ2n) is 5.70. The minimum atomic E-state index is -0.902. The Bertz CT molecular complexity index is 536. The smallest absolute Gasteiger partial charge is 0.328 e. The molecule has 2 unspecified atom stereocenters. The summed E-state index contributed by atoms with van der Waals surface area (Å²) in [5.74, 6) is -0.0165. The number of piperidine rings is 1. The van der Waals surface area contributed by atoms with Gasteiger partial charge in [-0.2, -0.15) is 0 Å². The van der Waals surface area contributed by atoms with Crippen LogP contribution < -0.4 is 4.90 Å². The molecule has 1 aliphatic heterocycles. The van der Waals surface area contributed by atoms with Crippen LogP contribution in [0.1, 0.15) is 30.4 Å². The number of benzene rings is 1. The van der Waals surface area contributed by atoms with Gasteiger partial charge in [-0.15, -0.1) is 0 Å². The molecule has 0 radical (unpaired) electrons. The van der Waals surface area contributed by atoms with E-state index in [0.29, 0.717) is 0 Å². The maximum atomic E-state index is 10.6. The van der Waals surface area contributed by atoms with Gasteiger partial charge in [0.1, 0.15) is 0 Å². The van der Waals surface area contributed by atoms with E-state index < -0.39 is 5.97 Å². The molecule has 2 fully saturated rings. The van der Waals surface area contributed by atoms with Gasteiger partial charge in [-0.25, -0.2) is 4.79 Å². The van der Waals surface area contributed by atoms with Crippen LogP contribution in [0.5, 0.6) is 0 Å². The van der Waals surface area contributed by atoms with E-state index in [1.807, 2.05) is 13.0 Å². The first-order valence-electron chi connectivity index (χ1n) is 6.92. The first-order valence-corrected chi connectivity index (χ1v) is 6.92. The molecule has 3 rings (SSSR count). The summed E-state index contributed by atoms with van der Waals surface area (Å²) >= 11 is 0. The molecule has 1 aliphatic carbocycles. The van der Waals surface area contributed by atoms with E-state index in [4.69, 9.17) is 5.11 Å². The molecule has 0 aromatic heterocycles. The predicted octanol–water partition coefficient (Wildman–Crippen LogP) is 3.08. The molecule has 0 spiro atoms. The normalized spacial score (nSPS) is 25.4. The average Bonchev–Trinajstić information content (AvgIpc) is 2.99. The minimum absolute atomic E-state index is 0.727. The van der Waals surface area contributed by atoms with Crippen molar-refractivity contribution in [1.82, 2.24) is 0 Å². The number of carboxylic acid groups (broad SMARTS) is 1. The number of aliphatic carboxylic acids is 1. The van der Waals surface area contributed by atoms with Gasteiger partial charge in [-0.05, 0) is 61.4 Å². The first-order chi connectivity index (χ1) is 9.13. The lowest BCUT2D eigenvalue weighted by Crippen LogP contribution is -2.31. The number of fused-ring (bicyclic) bond motifs is 2. The molecule has 2 bridgehead atoms. The molecule has 1 heterocycles. The monoisotopic (exact) mass is 257 g/mol. The van der Waals surface area contributed by atoms with E-state index in [-0.39, 0.29) is 0 Å². The van der Waals surface area contributed by atoms with E-state index in [1.165, 1.54) is 37.6 Å². The van der Waals surface area contributed by atoms with Crippen LogP contribution in [0.15, 0.2) is 24.3 Å². The van der Waals surface area contributed by atoms with Crippen molar-refractivity contribution in [2.45, 2.75) is 32.2 Å². The highest BCUT2D eigenvalue weighted by atomic mass is 16.4. The summed E-state index contributed by atoms with van der Waals surface area (Å²) in [6.07, 6.45) is 6.92. The van der Waals surface area contributed by atoms with Gasteiger partial charge in [-0.1, -0.05) is 6.07 Å². The fourth-order valence-corrected chi connectivity index (χ4v) is 3.43. The Morgan fingerprint density at radius 2 is 2.26 bits per heavy atom. The van der Waals surface area contributed by atoms with Crippen LogP contribution in [-0.4, -0.2) is 23.7 Å². The maximum absolute atomic E-state index is 10.6. The van der Waals surface area contributed by atoms with Crippen LogP contribution in [0.25, 0.3) is 6.08 Å². The van der Waals surface area contributed by atoms with Crippen molar-refractivity contribution >= 4 is 17.7 Å². The van der Waals surface area contributed by atoms with E-state index >= 15 is 0 Å². The van der Waals surface area contributed by atoms with Gasteiger partial charge in [0.05, 0.1) is 0 Å². The lowest BCUT2D eigenvalue weighted by molar-refractivity contribution is -0.131. The Kier molecular flexibility index (Phi) is 3.05. The van der Waals surface area contributed by atoms with Crippen molar-refractivity contribution in [2.24, 2.45) is 5.92 Å². The highest BCUT2D eigenvalue weighted by molar-refractivity contribution is 5.85. The summed E-state index contributed by atoms with van der Waals surface area (Å²) in [5, 5.41) is 8.67. The van der Waals surface area contributed by atoms with Crippen molar-refractivity contribution < 1.29 is 9.90 Å². The average molecular weight is 257 g/mol. The van der Waals surface area contributed by atoms with E-state index in [2.05, 4.69) is 17.0 Å². The Balaban J connectivity index is 1.81. The van der Waals surface area contributed by atoms with Crippen LogP contribution in [0.3, 0.4) is 0 Å². The zero-order chi connectivity index (χ0) is 13.4. The maximum Gasteiger partial charge on any atom is 0.328 e. The standard InChI is InChI=1S/C16H19NO2/c1-11-8-14(6-3-13(11)4-7-16(18)19)17-10-12-2-5-15(17)9-12/h3-4,6-8,12,15H,2,5,9-10H2,1H3,(H,18,19). The molecule has 100 valence electrons. The summed E-state index contributed by atoms with van der Waals surface area (Å²) < 4.78 is 0. The van der Waals surface area contributed by atoms with Gasteiger partial charge in [0.25, 0.3) is 0 Å². The van der Waals surface area contributed by atoms with Gasteiger partial charge in [0.15, 0.2) is 0 Å². The molecule has 2 atom stereocenters. The third-order valence-corrected chi connectivity index (χ3v) is 4.40. The molecule has 3 heteroatoms.